The molecule has 1 heterocycles. The van der Waals surface area contributed by atoms with E-state index < -0.39 is 0 Å². The lowest BCUT2D eigenvalue weighted by Crippen LogP contribution is -2.23. The van der Waals surface area contributed by atoms with Gasteiger partial charge < -0.3 is 11.1 Å². The quantitative estimate of drug-likeness (QED) is 0.734. The van der Waals surface area contributed by atoms with Gasteiger partial charge in [0.25, 0.3) is 0 Å². The molecule has 0 bridgehead atoms. The molecule has 0 unspecified atom stereocenters. The largest absolute Gasteiger partial charge is 0.327 e. The zero-order chi connectivity index (χ0) is 9.80. The third-order valence-corrected chi connectivity index (χ3v) is 2.56. The number of nitrogens with one attached hydrogen (secondary N) is 1. The summed E-state index contributed by atoms with van der Waals surface area (Å²) in [5.74, 6) is 0. The average Bonchev–Trinajstić information content (AvgIpc) is 2.26. The van der Waals surface area contributed by atoms with Gasteiger partial charge >= 0.3 is 0 Å². The molecule has 2 nitrogen and oxygen atoms in total. The van der Waals surface area contributed by atoms with E-state index in [0.717, 1.165) is 19.5 Å². The van der Waals surface area contributed by atoms with Gasteiger partial charge in [-0.05, 0) is 29.7 Å². The summed E-state index contributed by atoms with van der Waals surface area (Å²) in [7, 11) is 0. The van der Waals surface area contributed by atoms with Crippen molar-refractivity contribution >= 4 is 6.08 Å². The zero-order valence-corrected chi connectivity index (χ0v) is 8.29. The van der Waals surface area contributed by atoms with Gasteiger partial charge in [0.15, 0.2) is 0 Å². The molecule has 0 saturated heterocycles. The van der Waals surface area contributed by atoms with E-state index in [-0.39, 0.29) is 0 Å². The lowest BCUT2D eigenvalue weighted by atomic mass is 9.98. The van der Waals surface area contributed by atoms with E-state index in [9.17, 15) is 0 Å². The summed E-state index contributed by atoms with van der Waals surface area (Å²) in [5.41, 5.74) is 9.58. The second-order valence-electron chi connectivity index (χ2n) is 3.59. The fraction of sp³-hybridized carbons (Fsp3) is 0.333. The normalized spacial score (nSPS) is 15.8. The molecule has 1 aromatic rings. The van der Waals surface area contributed by atoms with Crippen molar-refractivity contribution in [1.29, 1.82) is 0 Å². The van der Waals surface area contributed by atoms with Crippen LogP contribution in [0.15, 0.2) is 24.3 Å². The second-order valence-corrected chi connectivity index (χ2v) is 3.59. The Balaban J connectivity index is 2.24. The fourth-order valence-electron chi connectivity index (χ4n) is 1.80. The third-order valence-electron chi connectivity index (χ3n) is 2.56. The van der Waals surface area contributed by atoms with E-state index in [1.165, 1.54) is 16.7 Å². The van der Waals surface area contributed by atoms with Crippen LogP contribution in [0.5, 0.6) is 0 Å². The number of hydrogen-bond acceptors (Lipinski definition) is 2. The van der Waals surface area contributed by atoms with Crippen molar-refractivity contribution in [2.75, 3.05) is 13.1 Å². The molecule has 0 fully saturated rings. The van der Waals surface area contributed by atoms with Crippen LogP contribution in [-0.4, -0.2) is 13.1 Å². The van der Waals surface area contributed by atoms with Crippen molar-refractivity contribution in [1.82, 2.24) is 5.32 Å². The Morgan fingerprint density at radius 2 is 2.29 bits per heavy atom. The number of hydrogen-bond donors (Lipinski definition) is 2. The lowest BCUT2D eigenvalue weighted by Gasteiger charge is -2.17. The van der Waals surface area contributed by atoms with Gasteiger partial charge in [-0.25, -0.2) is 0 Å². The van der Waals surface area contributed by atoms with Crippen LogP contribution in [0.4, 0.5) is 0 Å². The molecule has 2 heteroatoms. The van der Waals surface area contributed by atoms with Crippen LogP contribution in [0.1, 0.15) is 16.7 Å². The molecule has 0 atom stereocenters. The van der Waals surface area contributed by atoms with Crippen molar-refractivity contribution in [3.63, 3.8) is 0 Å². The minimum Gasteiger partial charge on any atom is -0.327 e. The highest BCUT2D eigenvalue weighted by Gasteiger charge is 2.07. The van der Waals surface area contributed by atoms with Crippen LogP contribution in [0.2, 0.25) is 0 Å². The highest BCUT2D eigenvalue weighted by atomic mass is 14.9. The van der Waals surface area contributed by atoms with Crippen LogP contribution >= 0.6 is 0 Å². The molecule has 0 spiro atoms. The first-order chi connectivity index (χ1) is 6.90. The molecule has 0 aromatic heterocycles. The first-order valence-corrected chi connectivity index (χ1v) is 5.09. The summed E-state index contributed by atoms with van der Waals surface area (Å²) >= 11 is 0. The maximum absolute atomic E-state index is 5.42. The fourth-order valence-corrected chi connectivity index (χ4v) is 1.80. The van der Waals surface area contributed by atoms with Gasteiger partial charge in [-0.1, -0.05) is 30.4 Å². The molecule has 14 heavy (non-hydrogen) atoms. The van der Waals surface area contributed by atoms with Gasteiger partial charge in [0.05, 0.1) is 0 Å². The topological polar surface area (TPSA) is 38.0 Å². The van der Waals surface area contributed by atoms with Gasteiger partial charge in [0.1, 0.15) is 0 Å². The molecule has 3 N–H and O–H groups in total. The van der Waals surface area contributed by atoms with Crippen molar-refractivity contribution in [2.24, 2.45) is 5.73 Å². The number of rotatable bonds is 2. The van der Waals surface area contributed by atoms with Crippen LogP contribution in [0.3, 0.4) is 0 Å². The molecule has 0 radical (unpaired) electrons. The van der Waals surface area contributed by atoms with Crippen molar-refractivity contribution in [3.8, 4) is 0 Å². The van der Waals surface area contributed by atoms with E-state index in [0.29, 0.717) is 6.54 Å². The Hall–Kier alpha value is -1.12. The third kappa shape index (κ3) is 2.03. The van der Waals surface area contributed by atoms with Crippen molar-refractivity contribution < 1.29 is 0 Å². The van der Waals surface area contributed by atoms with Crippen LogP contribution in [-0.2, 0) is 13.0 Å². The highest BCUT2D eigenvalue weighted by molar-refractivity contribution is 5.52. The molecule has 0 amide bonds. The summed E-state index contributed by atoms with van der Waals surface area (Å²) in [4.78, 5) is 0. The molecule has 2 rings (SSSR count). The molecular formula is C12H16N2. The maximum atomic E-state index is 5.42. The molecule has 74 valence electrons. The molecule has 0 aliphatic carbocycles. The van der Waals surface area contributed by atoms with Crippen molar-refractivity contribution in [3.05, 3.63) is 41.0 Å². The van der Waals surface area contributed by atoms with E-state index in [2.05, 4.69) is 29.6 Å². The monoisotopic (exact) mass is 188 g/mol. The number of nitrogens with two attached hydrogens (primary N) is 1. The standard InChI is InChI=1S/C12H16N2/c13-6-1-2-10-3-4-12-9-14-7-5-11(12)8-10/h1-4,8,14H,5-7,9,13H2. The van der Waals surface area contributed by atoms with Gasteiger partial charge in [-0.3, -0.25) is 0 Å². The average molecular weight is 188 g/mol. The molecule has 1 aliphatic heterocycles. The summed E-state index contributed by atoms with van der Waals surface area (Å²) < 4.78 is 0. The summed E-state index contributed by atoms with van der Waals surface area (Å²) in [6.07, 6.45) is 5.21. The van der Waals surface area contributed by atoms with Gasteiger partial charge in [0, 0.05) is 13.1 Å². The van der Waals surface area contributed by atoms with Crippen LogP contribution in [0.25, 0.3) is 6.08 Å². The van der Waals surface area contributed by atoms with Gasteiger partial charge in [-0.2, -0.15) is 0 Å². The van der Waals surface area contributed by atoms with Gasteiger partial charge in [0.2, 0.25) is 0 Å². The van der Waals surface area contributed by atoms with Crippen molar-refractivity contribution in [2.45, 2.75) is 13.0 Å². The molecule has 0 saturated carbocycles. The predicted octanol–water partition coefficient (Wildman–Crippen LogP) is 1.30. The first kappa shape index (κ1) is 9.44. The number of benzene rings is 1. The predicted molar refractivity (Wildman–Crippen MR) is 59.9 cm³/mol. The Labute approximate surface area is 84.8 Å². The van der Waals surface area contributed by atoms with Crippen LogP contribution in [0, 0.1) is 0 Å². The minimum atomic E-state index is 0.610. The van der Waals surface area contributed by atoms with E-state index in [1.54, 1.807) is 0 Å². The van der Waals surface area contributed by atoms with E-state index in [1.807, 2.05) is 6.08 Å². The zero-order valence-electron chi connectivity index (χ0n) is 8.29. The molecule has 1 aromatic carbocycles. The maximum Gasteiger partial charge on any atom is 0.0208 e. The smallest absolute Gasteiger partial charge is 0.0208 e. The minimum absolute atomic E-state index is 0.610. The second kappa shape index (κ2) is 4.40. The van der Waals surface area contributed by atoms with Gasteiger partial charge in [-0.15, -0.1) is 0 Å². The van der Waals surface area contributed by atoms with E-state index in [4.69, 9.17) is 5.73 Å². The van der Waals surface area contributed by atoms with Crippen LogP contribution < -0.4 is 11.1 Å². The highest BCUT2D eigenvalue weighted by Crippen LogP contribution is 2.16. The number of fused-ring (bicyclic) bond motifs is 1. The summed E-state index contributed by atoms with van der Waals surface area (Å²) in [5, 5.41) is 3.37. The Morgan fingerprint density at radius 1 is 1.36 bits per heavy atom. The Morgan fingerprint density at radius 3 is 3.14 bits per heavy atom. The summed E-state index contributed by atoms with van der Waals surface area (Å²) in [6.45, 7) is 2.71. The molecule has 1 aliphatic rings. The molecular weight excluding hydrogens is 172 g/mol. The Kier molecular flexibility index (Phi) is 2.96. The lowest BCUT2D eigenvalue weighted by molar-refractivity contribution is 0.643. The summed E-state index contributed by atoms with van der Waals surface area (Å²) in [6, 6.07) is 6.62. The van der Waals surface area contributed by atoms with E-state index >= 15 is 0 Å². The SMILES string of the molecule is NCC=Cc1ccc2c(c1)CCNC2. The Bertz CT molecular complexity index is 342. The first-order valence-electron chi connectivity index (χ1n) is 5.09.